The van der Waals surface area contributed by atoms with Crippen molar-refractivity contribution in [3.63, 3.8) is 0 Å². The van der Waals surface area contributed by atoms with Gasteiger partial charge in [-0.15, -0.1) is 5.10 Å². The normalized spacial score (nSPS) is 10.4. The maximum atomic E-state index is 3.99. The van der Waals surface area contributed by atoms with Crippen molar-refractivity contribution >= 4 is 15.9 Å². The summed E-state index contributed by atoms with van der Waals surface area (Å²) >= 11 is 3.44. The third-order valence-electron chi connectivity index (χ3n) is 1.89. The molecule has 2 aromatic rings. The van der Waals surface area contributed by atoms with Gasteiger partial charge in [0.05, 0.1) is 12.2 Å². The van der Waals surface area contributed by atoms with Crippen LogP contribution in [0.15, 0.2) is 34.9 Å². The van der Waals surface area contributed by atoms with Gasteiger partial charge in [-0.2, -0.15) is 0 Å². The van der Waals surface area contributed by atoms with E-state index in [0.717, 1.165) is 16.7 Å². The standard InChI is InChI=1S/C10H10BrN3/c1-8-6-14(13-12-8)7-9-3-2-4-10(11)5-9/h2-6H,7H2,1H3. The Hall–Kier alpha value is -1.16. The van der Waals surface area contributed by atoms with E-state index in [1.165, 1.54) is 5.56 Å². The second-order valence-electron chi connectivity index (χ2n) is 3.19. The van der Waals surface area contributed by atoms with Crippen LogP contribution < -0.4 is 0 Å². The third kappa shape index (κ3) is 2.20. The Morgan fingerprint density at radius 3 is 2.93 bits per heavy atom. The zero-order valence-electron chi connectivity index (χ0n) is 7.81. The maximum Gasteiger partial charge on any atom is 0.0796 e. The van der Waals surface area contributed by atoms with E-state index < -0.39 is 0 Å². The van der Waals surface area contributed by atoms with Gasteiger partial charge in [-0.1, -0.05) is 33.3 Å². The summed E-state index contributed by atoms with van der Waals surface area (Å²) in [5, 5.41) is 7.93. The van der Waals surface area contributed by atoms with E-state index in [1.54, 1.807) is 0 Å². The van der Waals surface area contributed by atoms with Crippen molar-refractivity contribution in [3.8, 4) is 0 Å². The minimum absolute atomic E-state index is 0.764. The first-order chi connectivity index (χ1) is 6.74. The minimum Gasteiger partial charge on any atom is -0.248 e. The van der Waals surface area contributed by atoms with Crippen molar-refractivity contribution < 1.29 is 0 Å². The Morgan fingerprint density at radius 2 is 2.29 bits per heavy atom. The van der Waals surface area contributed by atoms with Crippen molar-refractivity contribution in [1.29, 1.82) is 0 Å². The van der Waals surface area contributed by atoms with E-state index in [9.17, 15) is 0 Å². The largest absolute Gasteiger partial charge is 0.248 e. The molecular weight excluding hydrogens is 242 g/mol. The monoisotopic (exact) mass is 251 g/mol. The highest BCUT2D eigenvalue weighted by Crippen LogP contribution is 2.12. The number of aryl methyl sites for hydroxylation is 1. The number of hydrogen-bond acceptors (Lipinski definition) is 2. The van der Waals surface area contributed by atoms with Crippen LogP contribution in [0.4, 0.5) is 0 Å². The van der Waals surface area contributed by atoms with Crippen LogP contribution in [-0.2, 0) is 6.54 Å². The Kier molecular flexibility index (Phi) is 2.63. The SMILES string of the molecule is Cc1cn(Cc2cccc(Br)c2)nn1. The molecule has 0 aliphatic rings. The topological polar surface area (TPSA) is 30.7 Å². The van der Waals surface area contributed by atoms with E-state index in [4.69, 9.17) is 0 Å². The number of aromatic nitrogens is 3. The molecule has 72 valence electrons. The molecule has 0 aliphatic carbocycles. The molecule has 2 rings (SSSR count). The molecule has 0 bridgehead atoms. The van der Waals surface area contributed by atoms with Gasteiger partial charge in [-0.25, -0.2) is 4.68 Å². The van der Waals surface area contributed by atoms with E-state index in [2.05, 4.69) is 38.4 Å². The number of halogens is 1. The number of hydrogen-bond donors (Lipinski definition) is 0. The first kappa shape index (κ1) is 9.40. The van der Waals surface area contributed by atoms with Crippen LogP contribution >= 0.6 is 15.9 Å². The van der Waals surface area contributed by atoms with Crippen LogP contribution in [0.2, 0.25) is 0 Å². The summed E-state index contributed by atoms with van der Waals surface area (Å²) in [6.07, 6.45) is 1.93. The number of rotatable bonds is 2. The Morgan fingerprint density at radius 1 is 1.43 bits per heavy atom. The Labute approximate surface area is 90.9 Å². The van der Waals surface area contributed by atoms with E-state index >= 15 is 0 Å². The van der Waals surface area contributed by atoms with Gasteiger partial charge in [-0.3, -0.25) is 0 Å². The van der Waals surface area contributed by atoms with Crippen molar-refractivity contribution in [2.45, 2.75) is 13.5 Å². The quantitative estimate of drug-likeness (QED) is 0.821. The summed E-state index contributed by atoms with van der Waals surface area (Å²) in [6.45, 7) is 2.70. The van der Waals surface area contributed by atoms with Gasteiger partial charge < -0.3 is 0 Å². The predicted molar refractivity (Wildman–Crippen MR) is 58.0 cm³/mol. The molecule has 1 aromatic heterocycles. The molecule has 4 heteroatoms. The molecule has 0 saturated heterocycles. The molecule has 0 N–H and O–H groups in total. The summed E-state index contributed by atoms with van der Waals surface area (Å²) in [6, 6.07) is 8.18. The molecular formula is C10H10BrN3. The minimum atomic E-state index is 0.764. The number of benzene rings is 1. The van der Waals surface area contributed by atoms with E-state index in [-0.39, 0.29) is 0 Å². The molecule has 0 amide bonds. The molecule has 0 atom stereocenters. The highest BCUT2D eigenvalue weighted by Gasteiger charge is 1.97. The molecule has 1 aromatic carbocycles. The van der Waals surface area contributed by atoms with Crippen molar-refractivity contribution in [2.24, 2.45) is 0 Å². The van der Waals surface area contributed by atoms with Gasteiger partial charge in [-0.05, 0) is 24.6 Å². The van der Waals surface area contributed by atoms with Gasteiger partial charge in [0.15, 0.2) is 0 Å². The molecule has 3 nitrogen and oxygen atoms in total. The fourth-order valence-electron chi connectivity index (χ4n) is 1.29. The van der Waals surface area contributed by atoms with Gasteiger partial charge in [0.25, 0.3) is 0 Å². The van der Waals surface area contributed by atoms with Crippen LogP contribution in [0.25, 0.3) is 0 Å². The van der Waals surface area contributed by atoms with Gasteiger partial charge >= 0.3 is 0 Å². The van der Waals surface area contributed by atoms with Crippen molar-refractivity contribution in [2.75, 3.05) is 0 Å². The molecule has 0 unspecified atom stereocenters. The lowest BCUT2D eigenvalue weighted by Gasteiger charge is -2.00. The molecule has 14 heavy (non-hydrogen) atoms. The second-order valence-corrected chi connectivity index (χ2v) is 4.10. The zero-order chi connectivity index (χ0) is 9.97. The fourth-order valence-corrected chi connectivity index (χ4v) is 1.74. The van der Waals surface area contributed by atoms with Crippen LogP contribution in [0, 0.1) is 6.92 Å². The molecule has 1 heterocycles. The van der Waals surface area contributed by atoms with Gasteiger partial charge in [0.1, 0.15) is 0 Å². The van der Waals surface area contributed by atoms with Crippen LogP contribution in [-0.4, -0.2) is 15.0 Å². The van der Waals surface area contributed by atoms with Crippen molar-refractivity contribution in [1.82, 2.24) is 15.0 Å². The molecule has 0 fully saturated rings. The summed E-state index contributed by atoms with van der Waals surface area (Å²) < 4.78 is 2.92. The summed E-state index contributed by atoms with van der Waals surface area (Å²) in [5.74, 6) is 0. The molecule has 0 aliphatic heterocycles. The summed E-state index contributed by atoms with van der Waals surface area (Å²) in [7, 11) is 0. The van der Waals surface area contributed by atoms with Crippen LogP contribution in [0.5, 0.6) is 0 Å². The van der Waals surface area contributed by atoms with Crippen LogP contribution in [0.1, 0.15) is 11.3 Å². The highest BCUT2D eigenvalue weighted by molar-refractivity contribution is 9.10. The van der Waals surface area contributed by atoms with Gasteiger partial charge in [0, 0.05) is 10.7 Å². The Balaban J connectivity index is 2.18. The zero-order valence-corrected chi connectivity index (χ0v) is 9.40. The fraction of sp³-hybridized carbons (Fsp3) is 0.200. The lowest BCUT2D eigenvalue weighted by atomic mass is 10.2. The van der Waals surface area contributed by atoms with E-state index in [0.29, 0.717) is 0 Å². The lowest BCUT2D eigenvalue weighted by molar-refractivity contribution is 0.649. The molecule has 0 spiro atoms. The number of nitrogens with zero attached hydrogens (tertiary/aromatic N) is 3. The smallest absolute Gasteiger partial charge is 0.0796 e. The van der Waals surface area contributed by atoms with Crippen LogP contribution in [0.3, 0.4) is 0 Å². The average Bonchev–Trinajstić information content (AvgIpc) is 2.51. The first-order valence-electron chi connectivity index (χ1n) is 4.35. The second kappa shape index (κ2) is 3.92. The summed E-state index contributed by atoms with van der Waals surface area (Å²) in [5.41, 5.74) is 2.16. The average molecular weight is 252 g/mol. The molecule has 0 saturated carbocycles. The third-order valence-corrected chi connectivity index (χ3v) is 2.38. The van der Waals surface area contributed by atoms with Gasteiger partial charge in [0.2, 0.25) is 0 Å². The Bertz CT molecular complexity index is 436. The lowest BCUT2D eigenvalue weighted by Crippen LogP contribution is -2.00. The maximum absolute atomic E-state index is 3.99. The predicted octanol–water partition coefficient (Wildman–Crippen LogP) is 2.40. The summed E-state index contributed by atoms with van der Waals surface area (Å²) in [4.78, 5) is 0. The molecule has 0 radical (unpaired) electrons. The van der Waals surface area contributed by atoms with E-state index in [1.807, 2.05) is 29.9 Å². The first-order valence-corrected chi connectivity index (χ1v) is 5.14. The highest BCUT2D eigenvalue weighted by atomic mass is 79.9. The van der Waals surface area contributed by atoms with Crippen molar-refractivity contribution in [3.05, 3.63) is 46.2 Å².